The highest BCUT2D eigenvalue weighted by Gasteiger charge is 2.17. The molecule has 0 N–H and O–H groups in total. The van der Waals surface area contributed by atoms with Crippen molar-refractivity contribution in [2.45, 2.75) is 12.6 Å². The van der Waals surface area contributed by atoms with E-state index in [9.17, 15) is 0 Å². The first-order valence-corrected chi connectivity index (χ1v) is 6.00. The van der Waals surface area contributed by atoms with Gasteiger partial charge in [0, 0.05) is 12.2 Å². The predicted molar refractivity (Wildman–Crippen MR) is 74.1 cm³/mol. The summed E-state index contributed by atoms with van der Waals surface area (Å²) < 4.78 is 0. The minimum atomic E-state index is -0.789. The van der Waals surface area contributed by atoms with Gasteiger partial charge in [0.1, 0.15) is 12.1 Å². The van der Waals surface area contributed by atoms with Crippen LogP contribution in [0.2, 0.25) is 0 Å². The van der Waals surface area contributed by atoms with Gasteiger partial charge in [0.05, 0.1) is 0 Å². The Labute approximate surface area is 112 Å². The molecule has 0 atom stereocenters. The van der Waals surface area contributed by atoms with E-state index in [4.69, 9.17) is 10.5 Å². The average molecular weight is 247 g/mol. The Hall–Kier alpha value is -2.78. The first kappa shape index (κ1) is 12.7. The van der Waals surface area contributed by atoms with Crippen molar-refractivity contribution >= 4 is 5.69 Å². The zero-order valence-electron chi connectivity index (χ0n) is 10.4. The molecule has 0 aliphatic heterocycles. The average Bonchev–Trinajstić information content (AvgIpc) is 2.49. The summed E-state index contributed by atoms with van der Waals surface area (Å²) in [7, 11) is 0. The summed E-state index contributed by atoms with van der Waals surface area (Å²) in [6, 6.07) is 22.6. The van der Waals surface area contributed by atoms with Crippen LogP contribution in [0.4, 0.5) is 5.69 Å². The van der Waals surface area contributed by atoms with Gasteiger partial charge in [0.15, 0.2) is 0 Å². The molecule has 0 aliphatic carbocycles. The van der Waals surface area contributed by atoms with E-state index < -0.39 is 6.04 Å². The van der Waals surface area contributed by atoms with Gasteiger partial charge in [-0.15, -0.1) is 0 Å². The summed E-state index contributed by atoms with van der Waals surface area (Å²) >= 11 is 0. The largest absolute Gasteiger partial charge is 0.340 e. The molecule has 0 saturated carbocycles. The van der Waals surface area contributed by atoms with E-state index in [1.54, 1.807) is 4.90 Å². The number of hydrogen-bond acceptors (Lipinski definition) is 3. The van der Waals surface area contributed by atoms with Gasteiger partial charge in [-0.25, -0.2) is 0 Å². The molecule has 0 unspecified atom stereocenters. The first-order chi connectivity index (χ1) is 9.35. The van der Waals surface area contributed by atoms with Crippen LogP contribution in [0.5, 0.6) is 0 Å². The Morgan fingerprint density at radius 1 is 0.842 bits per heavy atom. The standard InChI is InChI=1S/C16H13N3/c17-11-16(12-18)19(15-9-5-2-6-10-15)13-14-7-3-1-4-8-14/h1-10,16H,13H2. The summed E-state index contributed by atoms with van der Waals surface area (Å²) in [6.07, 6.45) is 0. The van der Waals surface area contributed by atoms with E-state index in [0.29, 0.717) is 6.54 Å². The van der Waals surface area contributed by atoms with Gasteiger partial charge in [0.2, 0.25) is 6.04 Å². The number of hydrogen-bond donors (Lipinski definition) is 0. The second-order valence-electron chi connectivity index (χ2n) is 4.11. The van der Waals surface area contributed by atoms with Crippen LogP contribution in [0.25, 0.3) is 0 Å². The number of anilines is 1. The first-order valence-electron chi connectivity index (χ1n) is 6.00. The second kappa shape index (κ2) is 6.23. The molecule has 92 valence electrons. The zero-order valence-corrected chi connectivity index (χ0v) is 10.4. The van der Waals surface area contributed by atoms with Crippen LogP contribution in [0.3, 0.4) is 0 Å². The quantitative estimate of drug-likeness (QED) is 0.834. The van der Waals surface area contributed by atoms with E-state index in [1.165, 1.54) is 0 Å². The molecule has 0 radical (unpaired) electrons. The van der Waals surface area contributed by atoms with Gasteiger partial charge in [0.25, 0.3) is 0 Å². The maximum absolute atomic E-state index is 9.12. The lowest BCUT2D eigenvalue weighted by atomic mass is 10.1. The van der Waals surface area contributed by atoms with Gasteiger partial charge in [-0.3, -0.25) is 0 Å². The Morgan fingerprint density at radius 2 is 1.37 bits per heavy atom. The van der Waals surface area contributed by atoms with Crippen molar-refractivity contribution in [1.82, 2.24) is 0 Å². The van der Waals surface area contributed by atoms with E-state index >= 15 is 0 Å². The van der Waals surface area contributed by atoms with Crippen LogP contribution in [-0.2, 0) is 6.54 Å². The maximum atomic E-state index is 9.12. The Kier molecular flexibility index (Phi) is 4.16. The third kappa shape index (κ3) is 3.12. The van der Waals surface area contributed by atoms with Gasteiger partial charge in [-0.05, 0) is 17.7 Å². The smallest absolute Gasteiger partial charge is 0.205 e. The van der Waals surface area contributed by atoms with Crippen LogP contribution >= 0.6 is 0 Å². The molecule has 0 bridgehead atoms. The number of para-hydroxylation sites is 1. The summed E-state index contributed by atoms with van der Waals surface area (Å²) in [5, 5.41) is 18.2. The number of nitriles is 2. The molecule has 0 saturated heterocycles. The normalized spacial score (nSPS) is 9.63. The lowest BCUT2D eigenvalue weighted by Crippen LogP contribution is -2.32. The summed E-state index contributed by atoms with van der Waals surface area (Å²) in [5.41, 5.74) is 1.95. The fourth-order valence-electron chi connectivity index (χ4n) is 1.90. The molecule has 0 aromatic heterocycles. The Morgan fingerprint density at radius 3 is 1.89 bits per heavy atom. The summed E-state index contributed by atoms with van der Waals surface area (Å²) in [4.78, 5) is 1.80. The summed E-state index contributed by atoms with van der Waals surface area (Å²) in [6.45, 7) is 0.538. The van der Waals surface area contributed by atoms with Gasteiger partial charge >= 0.3 is 0 Å². The minimum absolute atomic E-state index is 0.538. The van der Waals surface area contributed by atoms with Crippen LogP contribution in [0, 0.1) is 22.7 Å². The van der Waals surface area contributed by atoms with Crippen molar-refractivity contribution in [2.75, 3.05) is 4.90 Å². The van der Waals surface area contributed by atoms with Crippen molar-refractivity contribution in [3.8, 4) is 12.1 Å². The molecule has 0 heterocycles. The van der Waals surface area contributed by atoms with E-state index in [2.05, 4.69) is 0 Å². The molecular weight excluding hydrogens is 234 g/mol. The fourth-order valence-corrected chi connectivity index (χ4v) is 1.90. The Bertz CT molecular complexity index is 579. The van der Waals surface area contributed by atoms with Crippen molar-refractivity contribution in [3.05, 3.63) is 66.2 Å². The van der Waals surface area contributed by atoms with Crippen LogP contribution in [-0.4, -0.2) is 6.04 Å². The molecule has 2 aromatic rings. The second-order valence-corrected chi connectivity index (χ2v) is 4.11. The SMILES string of the molecule is N#CC(C#N)N(Cc1ccccc1)c1ccccc1. The molecule has 0 fully saturated rings. The Balaban J connectivity index is 2.31. The molecule has 0 amide bonds. The highest BCUT2D eigenvalue weighted by atomic mass is 15.2. The van der Waals surface area contributed by atoms with E-state index in [0.717, 1.165) is 11.3 Å². The number of rotatable bonds is 4. The van der Waals surface area contributed by atoms with Crippen molar-refractivity contribution in [3.63, 3.8) is 0 Å². The third-order valence-electron chi connectivity index (χ3n) is 2.84. The molecule has 2 rings (SSSR count). The van der Waals surface area contributed by atoms with Gasteiger partial charge in [-0.1, -0.05) is 48.5 Å². The van der Waals surface area contributed by atoms with E-state index in [1.807, 2.05) is 72.8 Å². The molecule has 2 aromatic carbocycles. The van der Waals surface area contributed by atoms with Crippen LogP contribution < -0.4 is 4.90 Å². The minimum Gasteiger partial charge on any atom is -0.340 e. The van der Waals surface area contributed by atoms with E-state index in [-0.39, 0.29) is 0 Å². The van der Waals surface area contributed by atoms with Gasteiger partial charge < -0.3 is 4.90 Å². The highest BCUT2D eigenvalue weighted by molar-refractivity contribution is 5.51. The van der Waals surface area contributed by atoms with Crippen LogP contribution in [0.1, 0.15) is 5.56 Å². The number of nitrogens with zero attached hydrogens (tertiary/aromatic N) is 3. The van der Waals surface area contributed by atoms with Crippen molar-refractivity contribution < 1.29 is 0 Å². The van der Waals surface area contributed by atoms with Crippen molar-refractivity contribution in [1.29, 1.82) is 10.5 Å². The molecule has 0 spiro atoms. The molecule has 0 aliphatic rings. The molecule has 3 heteroatoms. The molecule has 19 heavy (non-hydrogen) atoms. The van der Waals surface area contributed by atoms with Crippen LogP contribution in [0.15, 0.2) is 60.7 Å². The van der Waals surface area contributed by atoms with Crippen molar-refractivity contribution in [2.24, 2.45) is 0 Å². The topological polar surface area (TPSA) is 50.8 Å². The third-order valence-corrected chi connectivity index (χ3v) is 2.84. The molecule has 3 nitrogen and oxygen atoms in total. The summed E-state index contributed by atoms with van der Waals surface area (Å²) in [5.74, 6) is 0. The lowest BCUT2D eigenvalue weighted by molar-refractivity contribution is 0.796. The predicted octanol–water partition coefficient (Wildman–Crippen LogP) is 3.11. The fraction of sp³-hybridized carbons (Fsp3) is 0.125. The molecular formula is C16H13N3. The zero-order chi connectivity index (χ0) is 13.5. The monoisotopic (exact) mass is 247 g/mol. The number of benzene rings is 2. The van der Waals surface area contributed by atoms with Gasteiger partial charge in [-0.2, -0.15) is 10.5 Å². The highest BCUT2D eigenvalue weighted by Crippen LogP contribution is 2.19. The lowest BCUT2D eigenvalue weighted by Gasteiger charge is -2.25. The maximum Gasteiger partial charge on any atom is 0.205 e.